The van der Waals surface area contributed by atoms with Gasteiger partial charge in [-0.15, -0.1) is 0 Å². The van der Waals surface area contributed by atoms with Gasteiger partial charge in [-0.2, -0.15) is 0 Å². The van der Waals surface area contributed by atoms with E-state index in [4.69, 9.17) is 4.42 Å². The van der Waals surface area contributed by atoms with E-state index in [1.165, 1.54) is 0 Å². The van der Waals surface area contributed by atoms with Gasteiger partial charge in [-0.25, -0.2) is 0 Å². The number of furan rings is 1. The van der Waals surface area contributed by atoms with Crippen LogP contribution in [0.5, 0.6) is 0 Å². The second-order valence-corrected chi connectivity index (χ2v) is 8.29. The first-order valence-corrected chi connectivity index (χ1v) is 10.5. The average Bonchev–Trinajstić information content (AvgIpc) is 3.44. The fourth-order valence-corrected chi connectivity index (χ4v) is 4.50. The lowest BCUT2D eigenvalue weighted by Crippen LogP contribution is -2.51. The van der Waals surface area contributed by atoms with E-state index in [1.54, 1.807) is 6.26 Å². The summed E-state index contributed by atoms with van der Waals surface area (Å²) in [5.74, 6) is 1.87. The van der Waals surface area contributed by atoms with Crippen molar-refractivity contribution in [1.29, 1.82) is 0 Å². The van der Waals surface area contributed by atoms with Crippen molar-refractivity contribution in [2.45, 2.75) is 51.0 Å². The van der Waals surface area contributed by atoms with Gasteiger partial charge in [0.1, 0.15) is 5.76 Å². The molecule has 1 N–H and O–H groups in total. The number of likely N-dealkylation sites (tertiary alicyclic amines) is 2. The van der Waals surface area contributed by atoms with Crippen LogP contribution in [0.3, 0.4) is 0 Å². The number of amides is 2. The molecule has 1 atom stereocenters. The minimum atomic E-state index is 0.0847. The van der Waals surface area contributed by atoms with Gasteiger partial charge in [-0.05, 0) is 57.2 Å². The van der Waals surface area contributed by atoms with Crippen molar-refractivity contribution in [3.8, 4) is 0 Å². The molecule has 6 nitrogen and oxygen atoms in total. The normalized spacial score (nSPS) is 24.7. The van der Waals surface area contributed by atoms with Crippen molar-refractivity contribution in [3.05, 3.63) is 24.2 Å². The zero-order valence-electron chi connectivity index (χ0n) is 16.1. The van der Waals surface area contributed by atoms with E-state index < -0.39 is 0 Å². The van der Waals surface area contributed by atoms with E-state index in [0.717, 1.165) is 76.9 Å². The number of carbonyl (C=O) groups excluding carboxylic acids is 2. The van der Waals surface area contributed by atoms with Crippen LogP contribution in [0.2, 0.25) is 0 Å². The molecule has 0 aromatic carbocycles. The Morgan fingerprint density at radius 1 is 1.07 bits per heavy atom. The predicted molar refractivity (Wildman–Crippen MR) is 102 cm³/mol. The molecular weight excluding hydrogens is 342 g/mol. The molecule has 2 aliphatic heterocycles. The van der Waals surface area contributed by atoms with Gasteiger partial charge in [0.2, 0.25) is 11.8 Å². The average molecular weight is 373 g/mol. The number of carbonyl (C=O) groups is 2. The Kier molecular flexibility index (Phi) is 5.81. The molecule has 3 fully saturated rings. The zero-order chi connectivity index (χ0) is 18.6. The van der Waals surface area contributed by atoms with Crippen LogP contribution in [0, 0.1) is 11.8 Å². The van der Waals surface area contributed by atoms with Crippen molar-refractivity contribution in [2.24, 2.45) is 11.8 Å². The topological polar surface area (TPSA) is 65.8 Å². The Bertz CT molecular complexity index is 633. The van der Waals surface area contributed by atoms with Crippen LogP contribution in [0.25, 0.3) is 0 Å². The van der Waals surface area contributed by atoms with Crippen molar-refractivity contribution < 1.29 is 14.0 Å². The zero-order valence-corrected chi connectivity index (χ0v) is 16.1. The summed E-state index contributed by atoms with van der Waals surface area (Å²) in [6, 6.07) is 4.33. The lowest BCUT2D eigenvalue weighted by Gasteiger charge is -2.42. The van der Waals surface area contributed by atoms with Crippen molar-refractivity contribution in [3.63, 3.8) is 0 Å². The summed E-state index contributed by atoms with van der Waals surface area (Å²) in [7, 11) is 0. The molecule has 1 aliphatic carbocycles. The van der Waals surface area contributed by atoms with Crippen LogP contribution in [-0.2, 0) is 16.0 Å². The summed E-state index contributed by atoms with van der Waals surface area (Å²) >= 11 is 0. The van der Waals surface area contributed by atoms with Crippen molar-refractivity contribution in [2.75, 3.05) is 32.7 Å². The molecule has 4 rings (SSSR count). The number of piperidine rings is 2. The minimum Gasteiger partial charge on any atom is -0.469 e. The van der Waals surface area contributed by atoms with Gasteiger partial charge in [0, 0.05) is 44.6 Å². The van der Waals surface area contributed by atoms with Gasteiger partial charge in [0.25, 0.3) is 0 Å². The molecule has 1 aromatic heterocycles. The van der Waals surface area contributed by atoms with E-state index in [2.05, 4.69) is 15.1 Å². The molecule has 3 aliphatic rings. The number of hydrogen-bond donors (Lipinski definition) is 1. The Morgan fingerprint density at radius 3 is 2.59 bits per heavy atom. The van der Waals surface area contributed by atoms with E-state index in [9.17, 15) is 9.59 Å². The van der Waals surface area contributed by atoms with Gasteiger partial charge < -0.3 is 14.6 Å². The number of nitrogens with zero attached hydrogens (tertiary/aromatic N) is 2. The Hall–Kier alpha value is -1.82. The van der Waals surface area contributed by atoms with Gasteiger partial charge in [-0.1, -0.05) is 0 Å². The molecular formula is C21H31N3O3. The molecule has 6 heteroatoms. The van der Waals surface area contributed by atoms with Crippen LogP contribution in [0.1, 0.15) is 44.3 Å². The maximum atomic E-state index is 12.6. The van der Waals surface area contributed by atoms with Gasteiger partial charge in [-0.3, -0.25) is 14.5 Å². The quantitative estimate of drug-likeness (QED) is 0.829. The predicted octanol–water partition coefficient (Wildman–Crippen LogP) is 2.05. The molecule has 148 valence electrons. The van der Waals surface area contributed by atoms with E-state index in [0.29, 0.717) is 24.4 Å². The lowest BCUT2D eigenvalue weighted by atomic mass is 9.93. The Morgan fingerprint density at radius 2 is 1.89 bits per heavy atom. The SMILES string of the molecule is O=C(NCCc1ccco1)[C@H]1CCCN(C2CCN(C(=O)C3CC3)CC2)C1. The van der Waals surface area contributed by atoms with E-state index in [1.807, 2.05) is 12.1 Å². The summed E-state index contributed by atoms with van der Waals surface area (Å²) in [6.45, 7) is 4.34. The fraction of sp³-hybridized carbons (Fsp3) is 0.714. The first-order chi connectivity index (χ1) is 13.2. The standard InChI is InChI=1S/C21H31N3O3/c25-20(22-10-7-19-4-2-14-27-19)17-3-1-11-24(15-17)18-8-12-23(13-9-18)21(26)16-5-6-16/h2,4,14,16-18H,1,3,5-13,15H2,(H,22,25)/t17-/m0/s1. The van der Waals surface area contributed by atoms with Crippen molar-refractivity contribution in [1.82, 2.24) is 15.1 Å². The Labute approximate surface area is 161 Å². The lowest BCUT2D eigenvalue weighted by molar-refractivity contribution is -0.134. The molecule has 2 saturated heterocycles. The number of rotatable bonds is 6. The van der Waals surface area contributed by atoms with Gasteiger partial charge in [0.15, 0.2) is 0 Å². The monoisotopic (exact) mass is 373 g/mol. The van der Waals surface area contributed by atoms with Crippen LogP contribution in [-0.4, -0.2) is 60.4 Å². The summed E-state index contributed by atoms with van der Waals surface area (Å²) in [4.78, 5) is 29.3. The second kappa shape index (κ2) is 8.46. The number of hydrogen-bond acceptors (Lipinski definition) is 4. The maximum absolute atomic E-state index is 12.6. The highest BCUT2D eigenvalue weighted by molar-refractivity contribution is 5.81. The van der Waals surface area contributed by atoms with E-state index in [-0.39, 0.29) is 11.8 Å². The number of nitrogens with one attached hydrogen (secondary N) is 1. The Balaban J connectivity index is 1.20. The van der Waals surface area contributed by atoms with Crippen LogP contribution < -0.4 is 5.32 Å². The second-order valence-electron chi connectivity index (χ2n) is 8.29. The smallest absolute Gasteiger partial charge is 0.225 e. The maximum Gasteiger partial charge on any atom is 0.225 e. The molecule has 0 radical (unpaired) electrons. The third-order valence-corrected chi connectivity index (χ3v) is 6.29. The molecule has 0 bridgehead atoms. The van der Waals surface area contributed by atoms with Crippen LogP contribution >= 0.6 is 0 Å². The van der Waals surface area contributed by atoms with E-state index >= 15 is 0 Å². The summed E-state index contributed by atoms with van der Waals surface area (Å²) in [5.41, 5.74) is 0. The molecule has 0 unspecified atom stereocenters. The molecule has 2 amide bonds. The highest BCUT2D eigenvalue weighted by Crippen LogP contribution is 2.32. The third kappa shape index (κ3) is 4.72. The summed E-state index contributed by atoms with van der Waals surface area (Å²) < 4.78 is 5.31. The fourth-order valence-electron chi connectivity index (χ4n) is 4.50. The molecule has 1 aromatic rings. The van der Waals surface area contributed by atoms with Gasteiger partial charge in [0.05, 0.1) is 12.2 Å². The molecule has 3 heterocycles. The first kappa shape index (κ1) is 18.5. The molecule has 0 spiro atoms. The summed E-state index contributed by atoms with van der Waals surface area (Å²) in [5, 5.41) is 3.08. The molecule has 1 saturated carbocycles. The van der Waals surface area contributed by atoms with Crippen LogP contribution in [0.15, 0.2) is 22.8 Å². The summed E-state index contributed by atoms with van der Waals surface area (Å²) in [6.07, 6.45) is 8.72. The largest absolute Gasteiger partial charge is 0.469 e. The highest BCUT2D eigenvalue weighted by atomic mass is 16.3. The van der Waals surface area contributed by atoms with Crippen LogP contribution in [0.4, 0.5) is 0 Å². The third-order valence-electron chi connectivity index (χ3n) is 6.29. The minimum absolute atomic E-state index is 0.0847. The van der Waals surface area contributed by atoms with Gasteiger partial charge >= 0.3 is 0 Å². The first-order valence-electron chi connectivity index (χ1n) is 10.5. The van der Waals surface area contributed by atoms with Crippen molar-refractivity contribution >= 4 is 11.8 Å². The molecule has 27 heavy (non-hydrogen) atoms. The highest BCUT2D eigenvalue weighted by Gasteiger charge is 2.37.